The van der Waals surface area contributed by atoms with Crippen LogP contribution in [0.15, 0.2) is 36.4 Å². The molecule has 2 aromatic carbocycles. The van der Waals surface area contributed by atoms with Crippen molar-refractivity contribution in [3.63, 3.8) is 0 Å². The molecular formula is C26H23Cl2F2N3O. The van der Waals surface area contributed by atoms with Gasteiger partial charge in [0, 0.05) is 17.2 Å². The second kappa shape index (κ2) is 8.58. The number of aromatic nitrogens is 2. The van der Waals surface area contributed by atoms with Crippen molar-refractivity contribution < 1.29 is 13.6 Å². The lowest BCUT2D eigenvalue weighted by Crippen LogP contribution is -2.56. The van der Waals surface area contributed by atoms with Crippen molar-refractivity contribution in [1.29, 1.82) is 0 Å². The van der Waals surface area contributed by atoms with Crippen molar-refractivity contribution in [2.24, 2.45) is 11.8 Å². The topological polar surface area (TPSA) is 46.1 Å². The van der Waals surface area contributed by atoms with Crippen LogP contribution >= 0.6 is 23.2 Å². The van der Waals surface area contributed by atoms with Crippen LogP contribution in [0.2, 0.25) is 10.0 Å². The van der Waals surface area contributed by atoms with Crippen molar-refractivity contribution in [2.45, 2.75) is 45.7 Å². The van der Waals surface area contributed by atoms with Crippen molar-refractivity contribution in [3.8, 4) is 11.3 Å². The number of amides is 1. The van der Waals surface area contributed by atoms with E-state index < -0.39 is 5.82 Å². The molecule has 4 nitrogen and oxygen atoms in total. The van der Waals surface area contributed by atoms with Crippen LogP contribution in [-0.4, -0.2) is 26.8 Å². The van der Waals surface area contributed by atoms with Gasteiger partial charge < -0.3 is 4.90 Å². The third kappa shape index (κ3) is 3.68. The molecule has 2 aliphatic heterocycles. The first-order chi connectivity index (χ1) is 16.2. The number of piperidine rings is 1. The monoisotopic (exact) mass is 501 g/mol. The lowest BCUT2D eigenvalue weighted by Gasteiger charge is -2.52. The first kappa shape index (κ1) is 23.2. The average molecular weight is 502 g/mol. The van der Waals surface area contributed by atoms with Crippen molar-refractivity contribution in [1.82, 2.24) is 14.9 Å². The molecule has 5 rings (SSSR count). The molecule has 8 heteroatoms. The van der Waals surface area contributed by atoms with Crippen LogP contribution < -0.4 is 0 Å². The van der Waals surface area contributed by atoms with Crippen molar-refractivity contribution in [2.75, 3.05) is 0 Å². The normalized spacial score (nSPS) is 23.6. The molecule has 0 radical (unpaired) electrons. The highest BCUT2D eigenvalue weighted by molar-refractivity contribution is 6.37. The molecule has 3 heterocycles. The third-order valence-corrected chi connectivity index (χ3v) is 7.72. The molecule has 2 aliphatic rings. The van der Waals surface area contributed by atoms with Crippen LogP contribution in [0.1, 0.15) is 53.7 Å². The van der Waals surface area contributed by atoms with Gasteiger partial charge in [-0.25, -0.2) is 18.7 Å². The number of nitrogens with zero attached hydrogens (tertiary/aromatic N) is 3. The fourth-order valence-corrected chi connectivity index (χ4v) is 6.01. The molecular weight excluding hydrogens is 479 g/mol. The van der Waals surface area contributed by atoms with Gasteiger partial charge in [-0.2, -0.15) is 0 Å². The largest absolute Gasteiger partial charge is 0.326 e. The van der Waals surface area contributed by atoms with E-state index >= 15 is 0 Å². The summed E-state index contributed by atoms with van der Waals surface area (Å²) in [4.78, 5) is 25.1. The SMILES string of the molecule is Cc1nc(-c2ccc(F)cc2)c2c(n1)[C@@H]1C(C)C[C@H](C)C(C2)N1C(=O)c1ccc(Cl)c(F)c1Cl. The summed E-state index contributed by atoms with van der Waals surface area (Å²) in [5, 5.41) is -0.396. The summed E-state index contributed by atoms with van der Waals surface area (Å²) in [7, 11) is 0. The van der Waals surface area contributed by atoms with Gasteiger partial charge in [-0.15, -0.1) is 0 Å². The van der Waals surface area contributed by atoms with Crippen molar-refractivity contribution >= 4 is 29.1 Å². The van der Waals surface area contributed by atoms with Gasteiger partial charge >= 0.3 is 0 Å². The van der Waals surface area contributed by atoms with Gasteiger partial charge in [-0.05, 0) is 68.0 Å². The molecule has 2 bridgehead atoms. The Bertz CT molecular complexity index is 1300. The zero-order valence-electron chi connectivity index (χ0n) is 18.9. The van der Waals surface area contributed by atoms with Gasteiger partial charge in [0.05, 0.1) is 33.0 Å². The summed E-state index contributed by atoms with van der Waals surface area (Å²) in [5.74, 6) is -0.562. The van der Waals surface area contributed by atoms with Crippen LogP contribution in [0.5, 0.6) is 0 Å². The average Bonchev–Trinajstić information content (AvgIpc) is 2.80. The van der Waals surface area contributed by atoms with Gasteiger partial charge in [-0.3, -0.25) is 4.79 Å². The quantitative estimate of drug-likeness (QED) is 0.361. The maximum Gasteiger partial charge on any atom is 0.256 e. The minimum atomic E-state index is -0.797. The number of carbonyl (C=O) groups is 1. The van der Waals surface area contributed by atoms with Gasteiger partial charge in [0.15, 0.2) is 5.82 Å². The van der Waals surface area contributed by atoms with E-state index in [1.165, 1.54) is 24.3 Å². The summed E-state index contributed by atoms with van der Waals surface area (Å²) in [5.41, 5.74) is 3.43. The maximum absolute atomic E-state index is 14.4. The number of hydrogen-bond acceptors (Lipinski definition) is 3. The number of rotatable bonds is 2. The predicted octanol–water partition coefficient (Wildman–Crippen LogP) is 6.82. The lowest BCUT2D eigenvalue weighted by atomic mass is 9.71. The number of aryl methyl sites for hydroxylation is 1. The Labute approximate surface area is 206 Å². The van der Waals surface area contributed by atoms with Gasteiger partial charge in [0.25, 0.3) is 5.91 Å². The molecule has 34 heavy (non-hydrogen) atoms. The zero-order valence-corrected chi connectivity index (χ0v) is 20.5. The van der Waals surface area contributed by atoms with Crippen LogP contribution in [0, 0.1) is 30.4 Å². The summed E-state index contributed by atoms with van der Waals surface area (Å²) >= 11 is 12.1. The van der Waals surface area contributed by atoms with E-state index in [4.69, 9.17) is 33.2 Å². The van der Waals surface area contributed by atoms with Crippen LogP contribution in [-0.2, 0) is 6.42 Å². The van der Waals surface area contributed by atoms with Gasteiger partial charge in [0.1, 0.15) is 11.6 Å². The van der Waals surface area contributed by atoms with E-state index in [2.05, 4.69) is 13.8 Å². The van der Waals surface area contributed by atoms with Gasteiger partial charge in [0.2, 0.25) is 0 Å². The minimum Gasteiger partial charge on any atom is -0.326 e. The highest BCUT2D eigenvalue weighted by Gasteiger charge is 2.49. The molecule has 1 amide bonds. The van der Waals surface area contributed by atoms with Gasteiger partial charge in [-0.1, -0.05) is 37.0 Å². The van der Waals surface area contributed by atoms with Crippen LogP contribution in [0.25, 0.3) is 11.3 Å². The number of halogens is 4. The minimum absolute atomic E-state index is 0.0906. The predicted molar refractivity (Wildman–Crippen MR) is 128 cm³/mol. The van der Waals surface area contributed by atoms with Crippen LogP contribution in [0.4, 0.5) is 8.78 Å². The lowest BCUT2D eigenvalue weighted by molar-refractivity contribution is 0.00184. The summed E-state index contributed by atoms with van der Waals surface area (Å²) in [6, 6.07) is 8.65. The fourth-order valence-electron chi connectivity index (χ4n) is 5.55. The second-order valence-electron chi connectivity index (χ2n) is 9.33. The molecule has 0 saturated carbocycles. The highest BCUT2D eigenvalue weighted by atomic mass is 35.5. The fraction of sp³-hybridized carbons (Fsp3) is 0.346. The number of hydrogen-bond donors (Lipinski definition) is 0. The molecule has 4 atom stereocenters. The van der Waals surface area contributed by atoms with E-state index in [1.807, 2.05) is 11.8 Å². The highest BCUT2D eigenvalue weighted by Crippen LogP contribution is 2.49. The molecule has 3 aromatic rings. The molecule has 2 unspecified atom stereocenters. The maximum atomic E-state index is 14.4. The number of fused-ring (bicyclic) bond motifs is 4. The Morgan fingerprint density at radius 2 is 1.74 bits per heavy atom. The summed E-state index contributed by atoms with van der Waals surface area (Å²) < 4.78 is 28.0. The first-order valence-electron chi connectivity index (χ1n) is 11.3. The van der Waals surface area contributed by atoms with E-state index in [1.54, 1.807) is 12.1 Å². The Morgan fingerprint density at radius 3 is 2.44 bits per heavy atom. The molecule has 1 aromatic heterocycles. The van der Waals surface area contributed by atoms with E-state index in [0.29, 0.717) is 12.2 Å². The number of benzene rings is 2. The summed E-state index contributed by atoms with van der Waals surface area (Å²) in [6.07, 6.45) is 1.47. The molecule has 0 spiro atoms. The molecule has 1 fully saturated rings. The first-order valence-corrected chi connectivity index (χ1v) is 12.0. The molecule has 0 aliphatic carbocycles. The Balaban J connectivity index is 1.67. The third-order valence-electron chi connectivity index (χ3n) is 7.06. The Morgan fingerprint density at radius 1 is 1.03 bits per heavy atom. The zero-order chi connectivity index (χ0) is 24.3. The summed E-state index contributed by atoms with van der Waals surface area (Å²) in [6.45, 7) is 6.04. The molecule has 1 saturated heterocycles. The standard InChI is InChI=1S/C26H23Cl2F2N3O/c1-12-10-13(2)25-24-18(23(31-14(3)32-24)15-4-6-16(29)7-5-15)11-20(12)33(25)26(34)17-8-9-19(27)22(30)21(17)28/h4-9,12-13,20,25H,10-11H2,1-3H3/t12-,13?,20?,25-/m0/s1. The Hall–Kier alpha value is -2.57. The second-order valence-corrected chi connectivity index (χ2v) is 10.1. The molecule has 176 valence electrons. The Kier molecular flexibility index (Phi) is 5.85. The smallest absolute Gasteiger partial charge is 0.256 e. The van der Waals surface area contributed by atoms with Crippen molar-refractivity contribution in [3.05, 3.63) is 80.7 Å². The van der Waals surface area contributed by atoms with E-state index in [0.717, 1.165) is 28.9 Å². The molecule has 0 N–H and O–H groups in total. The number of carbonyl (C=O) groups excluding carboxylic acids is 1. The van der Waals surface area contributed by atoms with E-state index in [9.17, 15) is 13.6 Å². The van der Waals surface area contributed by atoms with E-state index in [-0.39, 0.29) is 51.3 Å². The van der Waals surface area contributed by atoms with Crippen LogP contribution in [0.3, 0.4) is 0 Å².